The minimum Gasteiger partial charge on any atom is -0.330 e. The third kappa shape index (κ3) is 2.61. The Morgan fingerprint density at radius 1 is 1.19 bits per heavy atom. The number of hydrogen-bond donors (Lipinski definition) is 1. The molecule has 0 radical (unpaired) electrons. The van der Waals surface area contributed by atoms with Crippen LogP contribution in [0.2, 0.25) is 0 Å². The van der Waals surface area contributed by atoms with E-state index in [9.17, 15) is 0 Å². The molecule has 0 saturated carbocycles. The topological polar surface area (TPSA) is 26.0 Å². The molecule has 84 valence electrons. The van der Waals surface area contributed by atoms with Crippen LogP contribution in [0.15, 0.2) is 54.1 Å². The molecule has 1 aromatic carbocycles. The van der Waals surface area contributed by atoms with E-state index < -0.39 is 0 Å². The number of rotatable bonds is 4. The zero-order valence-corrected chi connectivity index (χ0v) is 9.60. The summed E-state index contributed by atoms with van der Waals surface area (Å²) in [6.07, 6.45) is 10.1. The predicted octanol–water partition coefficient (Wildman–Crippen LogP) is 3.40. The van der Waals surface area contributed by atoms with Crippen LogP contribution in [0, 0.1) is 0 Å². The van der Waals surface area contributed by atoms with Gasteiger partial charge < -0.3 is 5.73 Å². The molecule has 0 aliphatic heterocycles. The summed E-state index contributed by atoms with van der Waals surface area (Å²) >= 11 is 0. The Bertz CT molecular complexity index is 376. The SMILES string of the molecule is NCCC(C1=CC=CCC1)c1ccccc1. The van der Waals surface area contributed by atoms with Crippen LogP contribution in [-0.4, -0.2) is 6.54 Å². The van der Waals surface area contributed by atoms with Crippen molar-refractivity contribution in [3.05, 3.63) is 59.7 Å². The fraction of sp³-hybridized carbons (Fsp3) is 0.333. The molecule has 0 heterocycles. The molecule has 1 atom stereocenters. The fourth-order valence-corrected chi connectivity index (χ4v) is 2.33. The molecule has 1 aromatic rings. The van der Waals surface area contributed by atoms with Gasteiger partial charge in [-0.3, -0.25) is 0 Å². The fourth-order valence-electron chi connectivity index (χ4n) is 2.33. The molecule has 1 heteroatoms. The lowest BCUT2D eigenvalue weighted by molar-refractivity contribution is 0.678. The maximum absolute atomic E-state index is 5.73. The second-order valence-corrected chi connectivity index (χ2v) is 4.25. The molecule has 2 N–H and O–H groups in total. The standard InChI is InChI=1S/C15H19N/c16-12-11-15(13-7-3-1-4-8-13)14-9-5-2-6-10-14/h1-5,7-9,15H,6,10-12,16H2. The molecular formula is C15H19N. The molecule has 1 nitrogen and oxygen atoms in total. The maximum atomic E-state index is 5.73. The Labute approximate surface area is 97.7 Å². The first-order valence-electron chi connectivity index (χ1n) is 6.02. The number of benzene rings is 1. The summed E-state index contributed by atoms with van der Waals surface area (Å²) in [7, 11) is 0. The largest absolute Gasteiger partial charge is 0.330 e. The van der Waals surface area contributed by atoms with E-state index >= 15 is 0 Å². The van der Waals surface area contributed by atoms with Gasteiger partial charge in [-0.05, 0) is 31.4 Å². The van der Waals surface area contributed by atoms with Crippen molar-refractivity contribution in [1.82, 2.24) is 0 Å². The lowest BCUT2D eigenvalue weighted by atomic mass is 9.84. The first kappa shape index (κ1) is 11.2. The molecule has 1 aliphatic rings. The molecule has 0 fully saturated rings. The highest BCUT2D eigenvalue weighted by Crippen LogP contribution is 2.31. The molecule has 0 saturated heterocycles. The van der Waals surface area contributed by atoms with Crippen LogP contribution in [0.1, 0.15) is 30.7 Å². The van der Waals surface area contributed by atoms with Crippen molar-refractivity contribution in [1.29, 1.82) is 0 Å². The van der Waals surface area contributed by atoms with E-state index in [0.717, 1.165) is 13.0 Å². The molecule has 1 unspecified atom stereocenters. The highest BCUT2D eigenvalue weighted by molar-refractivity contribution is 5.32. The van der Waals surface area contributed by atoms with Crippen LogP contribution in [-0.2, 0) is 0 Å². The summed E-state index contributed by atoms with van der Waals surface area (Å²) in [5.74, 6) is 0.510. The average molecular weight is 213 g/mol. The maximum Gasteiger partial charge on any atom is 0.00633 e. The Kier molecular flexibility index (Phi) is 3.95. The highest BCUT2D eigenvalue weighted by Gasteiger charge is 2.15. The van der Waals surface area contributed by atoms with Crippen LogP contribution in [0.5, 0.6) is 0 Å². The summed E-state index contributed by atoms with van der Waals surface area (Å²) < 4.78 is 0. The molecule has 0 bridgehead atoms. The van der Waals surface area contributed by atoms with Gasteiger partial charge in [-0.25, -0.2) is 0 Å². The van der Waals surface area contributed by atoms with Crippen molar-refractivity contribution in [3.63, 3.8) is 0 Å². The van der Waals surface area contributed by atoms with Crippen LogP contribution < -0.4 is 5.73 Å². The van der Waals surface area contributed by atoms with Gasteiger partial charge in [-0.2, -0.15) is 0 Å². The van der Waals surface area contributed by atoms with Crippen molar-refractivity contribution in [2.45, 2.75) is 25.2 Å². The van der Waals surface area contributed by atoms with Crippen LogP contribution in [0.25, 0.3) is 0 Å². The van der Waals surface area contributed by atoms with Crippen molar-refractivity contribution in [3.8, 4) is 0 Å². The predicted molar refractivity (Wildman–Crippen MR) is 69.3 cm³/mol. The Morgan fingerprint density at radius 3 is 2.62 bits per heavy atom. The molecular weight excluding hydrogens is 194 g/mol. The Hall–Kier alpha value is -1.34. The minimum absolute atomic E-state index is 0.510. The zero-order valence-electron chi connectivity index (χ0n) is 9.60. The smallest absolute Gasteiger partial charge is 0.00633 e. The lowest BCUT2D eigenvalue weighted by Crippen LogP contribution is -2.10. The average Bonchev–Trinajstić information content (AvgIpc) is 2.38. The van der Waals surface area contributed by atoms with Gasteiger partial charge in [0.2, 0.25) is 0 Å². The van der Waals surface area contributed by atoms with E-state index in [2.05, 4.69) is 48.6 Å². The highest BCUT2D eigenvalue weighted by atomic mass is 14.5. The van der Waals surface area contributed by atoms with Crippen LogP contribution in [0.4, 0.5) is 0 Å². The normalized spacial score (nSPS) is 16.9. The lowest BCUT2D eigenvalue weighted by Gasteiger charge is -2.21. The van der Waals surface area contributed by atoms with E-state index in [0.29, 0.717) is 5.92 Å². The van der Waals surface area contributed by atoms with Gasteiger partial charge in [0.1, 0.15) is 0 Å². The van der Waals surface area contributed by atoms with Crippen molar-refractivity contribution >= 4 is 0 Å². The van der Waals surface area contributed by atoms with Crippen LogP contribution in [0.3, 0.4) is 0 Å². The number of nitrogens with two attached hydrogens (primary N) is 1. The van der Waals surface area contributed by atoms with E-state index in [4.69, 9.17) is 5.73 Å². The summed E-state index contributed by atoms with van der Waals surface area (Å²) in [5.41, 5.74) is 8.65. The molecule has 2 rings (SSSR count). The monoisotopic (exact) mass is 213 g/mol. The van der Waals surface area contributed by atoms with E-state index in [1.807, 2.05) is 0 Å². The Morgan fingerprint density at radius 2 is 2.00 bits per heavy atom. The molecule has 16 heavy (non-hydrogen) atoms. The van der Waals surface area contributed by atoms with Gasteiger partial charge in [0.25, 0.3) is 0 Å². The zero-order chi connectivity index (χ0) is 11.2. The first-order chi connectivity index (χ1) is 7.92. The second kappa shape index (κ2) is 5.66. The van der Waals surface area contributed by atoms with Crippen molar-refractivity contribution in [2.75, 3.05) is 6.54 Å². The molecule has 0 amide bonds. The second-order valence-electron chi connectivity index (χ2n) is 4.25. The first-order valence-corrected chi connectivity index (χ1v) is 6.02. The van der Waals surface area contributed by atoms with Gasteiger partial charge in [-0.15, -0.1) is 0 Å². The summed E-state index contributed by atoms with van der Waals surface area (Å²) in [5, 5.41) is 0. The van der Waals surface area contributed by atoms with Gasteiger partial charge in [-0.1, -0.05) is 54.1 Å². The molecule has 1 aliphatic carbocycles. The summed E-state index contributed by atoms with van der Waals surface area (Å²) in [6, 6.07) is 10.7. The third-order valence-electron chi connectivity index (χ3n) is 3.15. The third-order valence-corrected chi connectivity index (χ3v) is 3.15. The van der Waals surface area contributed by atoms with Gasteiger partial charge >= 0.3 is 0 Å². The van der Waals surface area contributed by atoms with Crippen molar-refractivity contribution in [2.24, 2.45) is 5.73 Å². The van der Waals surface area contributed by atoms with Crippen molar-refractivity contribution < 1.29 is 0 Å². The quantitative estimate of drug-likeness (QED) is 0.815. The summed E-state index contributed by atoms with van der Waals surface area (Å²) in [4.78, 5) is 0. The summed E-state index contributed by atoms with van der Waals surface area (Å²) in [6.45, 7) is 0.751. The van der Waals surface area contributed by atoms with Gasteiger partial charge in [0, 0.05) is 5.92 Å². The van der Waals surface area contributed by atoms with Crippen LogP contribution >= 0.6 is 0 Å². The number of allylic oxidation sites excluding steroid dienone is 4. The van der Waals surface area contributed by atoms with E-state index in [1.165, 1.54) is 24.0 Å². The Balaban J connectivity index is 2.23. The molecule has 0 spiro atoms. The number of hydrogen-bond acceptors (Lipinski definition) is 1. The van der Waals surface area contributed by atoms with E-state index in [1.54, 1.807) is 0 Å². The van der Waals surface area contributed by atoms with Gasteiger partial charge in [0.15, 0.2) is 0 Å². The molecule has 0 aromatic heterocycles. The minimum atomic E-state index is 0.510. The van der Waals surface area contributed by atoms with Gasteiger partial charge in [0.05, 0.1) is 0 Å². The van der Waals surface area contributed by atoms with E-state index in [-0.39, 0.29) is 0 Å².